The number of benzene rings is 2. The molecule has 1 aliphatic heterocycles. The van der Waals surface area contributed by atoms with Gasteiger partial charge in [-0.1, -0.05) is 12.1 Å². The second-order valence-corrected chi connectivity index (χ2v) is 7.72. The fourth-order valence-electron chi connectivity index (χ4n) is 3.51. The van der Waals surface area contributed by atoms with E-state index in [2.05, 4.69) is 5.32 Å². The largest absolute Gasteiger partial charge is 0.478 e. The minimum Gasteiger partial charge on any atom is -0.478 e. The van der Waals surface area contributed by atoms with E-state index in [1.165, 1.54) is 23.1 Å². The van der Waals surface area contributed by atoms with Crippen molar-refractivity contribution in [2.45, 2.75) is 13.8 Å². The molecule has 0 spiro atoms. The predicted octanol–water partition coefficient (Wildman–Crippen LogP) is 3.62. The lowest BCUT2D eigenvalue weighted by Gasteiger charge is -2.30. The topological polar surface area (TPSA) is 91.6 Å². The molecule has 2 aromatic carbocycles. The van der Waals surface area contributed by atoms with Crippen LogP contribution in [0.3, 0.4) is 0 Å². The van der Waals surface area contributed by atoms with Gasteiger partial charge >= 0.3 is 5.97 Å². The van der Waals surface area contributed by atoms with E-state index in [-0.39, 0.29) is 16.2 Å². The Hall–Kier alpha value is -4.04. The van der Waals surface area contributed by atoms with Gasteiger partial charge in [0, 0.05) is 17.6 Å². The monoisotopic (exact) mass is 445 g/mol. The number of carbonyl (C=O) groups is 3. The van der Waals surface area contributed by atoms with Gasteiger partial charge in [0.25, 0.3) is 11.8 Å². The van der Waals surface area contributed by atoms with Crippen molar-refractivity contribution in [3.8, 4) is 5.69 Å². The van der Waals surface area contributed by atoms with E-state index in [9.17, 15) is 14.4 Å². The summed E-state index contributed by atoms with van der Waals surface area (Å²) in [6, 6.07) is 15.4. The Morgan fingerprint density at radius 3 is 2.44 bits per heavy atom. The lowest BCUT2D eigenvalue weighted by molar-refractivity contribution is -0.122. The summed E-state index contributed by atoms with van der Waals surface area (Å²) in [5.41, 5.74) is 3.89. The molecule has 32 heavy (non-hydrogen) atoms. The fraction of sp³-hybridized carbons (Fsp3) is 0.0833. The van der Waals surface area contributed by atoms with E-state index >= 15 is 0 Å². The maximum Gasteiger partial charge on any atom is 0.335 e. The number of aryl methyl sites for hydroxylation is 1. The molecule has 2 amide bonds. The summed E-state index contributed by atoms with van der Waals surface area (Å²) in [6.07, 6.45) is 3.27. The Labute approximate surface area is 189 Å². The number of hydrogen-bond acceptors (Lipinski definition) is 4. The Kier molecular flexibility index (Phi) is 5.46. The maximum atomic E-state index is 13.3. The van der Waals surface area contributed by atoms with Crippen molar-refractivity contribution in [3.05, 3.63) is 88.8 Å². The minimum atomic E-state index is -1.02. The van der Waals surface area contributed by atoms with E-state index in [1.807, 2.05) is 26.0 Å². The van der Waals surface area contributed by atoms with Gasteiger partial charge in [-0.2, -0.15) is 0 Å². The number of aromatic carboxylic acids is 1. The van der Waals surface area contributed by atoms with Crippen molar-refractivity contribution in [2.24, 2.45) is 0 Å². The van der Waals surface area contributed by atoms with Gasteiger partial charge in [0.15, 0.2) is 5.11 Å². The lowest BCUT2D eigenvalue weighted by Crippen LogP contribution is -2.54. The van der Waals surface area contributed by atoms with Crippen LogP contribution in [0.25, 0.3) is 11.8 Å². The predicted molar refractivity (Wildman–Crippen MR) is 125 cm³/mol. The SMILES string of the molecule is Cc1cccc(N2C(=O)/C(=C/c3cccn3-c3ccc(C(=O)O)cc3)C(=O)NC2=S)c1C. The Morgan fingerprint density at radius 1 is 1.03 bits per heavy atom. The Morgan fingerprint density at radius 2 is 1.75 bits per heavy atom. The number of carboxylic acids is 1. The molecule has 1 saturated heterocycles. The van der Waals surface area contributed by atoms with Gasteiger partial charge in [0.2, 0.25) is 0 Å². The molecule has 3 aromatic rings. The quantitative estimate of drug-likeness (QED) is 0.364. The van der Waals surface area contributed by atoms with Crippen LogP contribution < -0.4 is 10.2 Å². The molecule has 8 heteroatoms. The van der Waals surface area contributed by atoms with Gasteiger partial charge in [-0.05, 0) is 85.7 Å². The number of anilines is 1. The Balaban J connectivity index is 1.74. The average molecular weight is 446 g/mol. The number of aromatic nitrogens is 1. The molecule has 0 unspecified atom stereocenters. The van der Waals surface area contributed by atoms with Crippen molar-refractivity contribution in [3.63, 3.8) is 0 Å². The van der Waals surface area contributed by atoms with Gasteiger partial charge in [0.05, 0.1) is 11.3 Å². The van der Waals surface area contributed by atoms with Gasteiger partial charge in [-0.3, -0.25) is 19.8 Å². The lowest BCUT2D eigenvalue weighted by atomic mass is 10.0. The second kappa shape index (κ2) is 8.24. The summed E-state index contributed by atoms with van der Waals surface area (Å²) in [7, 11) is 0. The molecule has 4 rings (SSSR count). The number of nitrogens with zero attached hydrogens (tertiary/aromatic N) is 2. The normalized spacial score (nSPS) is 15.2. The van der Waals surface area contributed by atoms with Crippen LogP contribution in [-0.2, 0) is 9.59 Å². The summed E-state index contributed by atoms with van der Waals surface area (Å²) in [4.78, 5) is 38.4. The highest BCUT2D eigenvalue weighted by molar-refractivity contribution is 7.80. The number of amides is 2. The van der Waals surface area contributed by atoms with Crippen LogP contribution in [0.15, 0.2) is 66.4 Å². The number of rotatable bonds is 4. The van der Waals surface area contributed by atoms with Crippen LogP contribution in [0.1, 0.15) is 27.2 Å². The molecular weight excluding hydrogens is 426 g/mol. The molecule has 7 nitrogen and oxygen atoms in total. The van der Waals surface area contributed by atoms with Crippen LogP contribution in [0.5, 0.6) is 0 Å². The van der Waals surface area contributed by atoms with Crippen LogP contribution in [0.2, 0.25) is 0 Å². The third-order valence-electron chi connectivity index (χ3n) is 5.38. The fourth-order valence-corrected chi connectivity index (χ4v) is 3.79. The number of nitrogens with one attached hydrogen (secondary N) is 1. The zero-order valence-corrected chi connectivity index (χ0v) is 18.1. The van der Waals surface area contributed by atoms with Crippen LogP contribution in [-0.4, -0.2) is 32.6 Å². The first-order valence-electron chi connectivity index (χ1n) is 9.76. The average Bonchev–Trinajstić information content (AvgIpc) is 3.22. The summed E-state index contributed by atoms with van der Waals surface area (Å²) in [6.45, 7) is 3.83. The molecule has 1 aliphatic rings. The number of hydrogen-bond donors (Lipinski definition) is 2. The van der Waals surface area contributed by atoms with Gasteiger partial charge in [0.1, 0.15) is 5.57 Å². The van der Waals surface area contributed by atoms with E-state index < -0.39 is 17.8 Å². The molecule has 1 aromatic heterocycles. The van der Waals surface area contributed by atoms with Crippen LogP contribution >= 0.6 is 12.2 Å². The zero-order chi connectivity index (χ0) is 23.0. The summed E-state index contributed by atoms with van der Waals surface area (Å²) in [5, 5.41) is 11.7. The van der Waals surface area contributed by atoms with E-state index in [0.717, 1.165) is 11.1 Å². The standard InChI is InChI=1S/C24H19N3O4S/c1-14-5-3-7-20(15(14)2)27-22(29)19(21(28)25-24(27)32)13-18-6-4-12-26(18)17-10-8-16(9-11-17)23(30)31/h3-13H,1-2H3,(H,30,31)(H,25,28,32)/b19-13+. The van der Waals surface area contributed by atoms with Crippen LogP contribution in [0.4, 0.5) is 5.69 Å². The number of carboxylic acid groups (broad SMARTS) is 1. The smallest absolute Gasteiger partial charge is 0.335 e. The highest BCUT2D eigenvalue weighted by atomic mass is 32.1. The highest BCUT2D eigenvalue weighted by Gasteiger charge is 2.35. The van der Waals surface area contributed by atoms with Crippen LogP contribution in [0, 0.1) is 13.8 Å². The van der Waals surface area contributed by atoms with Gasteiger partial charge in [-0.25, -0.2) is 4.79 Å². The maximum absolute atomic E-state index is 13.3. The highest BCUT2D eigenvalue weighted by Crippen LogP contribution is 2.27. The van der Waals surface area contributed by atoms with Crippen molar-refractivity contribution >= 4 is 46.9 Å². The van der Waals surface area contributed by atoms with Gasteiger partial charge in [-0.15, -0.1) is 0 Å². The molecule has 0 atom stereocenters. The summed E-state index contributed by atoms with van der Waals surface area (Å²) in [5.74, 6) is -2.10. The zero-order valence-electron chi connectivity index (χ0n) is 17.3. The van der Waals surface area contributed by atoms with E-state index in [4.69, 9.17) is 17.3 Å². The molecule has 0 radical (unpaired) electrons. The molecule has 0 saturated carbocycles. The number of thiocarbonyl (C=S) groups is 1. The summed E-state index contributed by atoms with van der Waals surface area (Å²) < 4.78 is 1.76. The minimum absolute atomic E-state index is 0.0329. The Bertz CT molecular complexity index is 1310. The first kappa shape index (κ1) is 21.2. The molecule has 2 N–H and O–H groups in total. The first-order valence-corrected chi connectivity index (χ1v) is 10.2. The molecule has 0 bridgehead atoms. The third kappa shape index (κ3) is 3.72. The van der Waals surface area contributed by atoms with Crippen molar-refractivity contribution in [2.75, 3.05) is 4.90 Å². The second-order valence-electron chi connectivity index (χ2n) is 7.33. The van der Waals surface area contributed by atoms with E-state index in [1.54, 1.807) is 41.1 Å². The van der Waals surface area contributed by atoms with E-state index in [0.29, 0.717) is 17.1 Å². The van der Waals surface area contributed by atoms with Crippen molar-refractivity contribution in [1.29, 1.82) is 0 Å². The third-order valence-corrected chi connectivity index (χ3v) is 5.67. The van der Waals surface area contributed by atoms with Crippen molar-refractivity contribution in [1.82, 2.24) is 9.88 Å². The van der Waals surface area contributed by atoms with Gasteiger partial charge < -0.3 is 9.67 Å². The first-order chi connectivity index (χ1) is 15.3. The summed E-state index contributed by atoms with van der Waals surface area (Å²) >= 11 is 5.30. The number of carbonyl (C=O) groups excluding carboxylic acids is 2. The molecule has 1 fully saturated rings. The van der Waals surface area contributed by atoms with Crippen molar-refractivity contribution < 1.29 is 19.5 Å². The molecule has 0 aliphatic carbocycles. The molecule has 2 heterocycles. The molecular formula is C24H19N3O4S. The molecule has 160 valence electrons.